The molecule has 1 aliphatic rings. The molecule has 3 N–H and O–H groups in total. The largest absolute Gasteiger partial charge is 0.493 e. The molecule has 1 aromatic rings. The molecular weight excluding hydrogens is 366 g/mol. The van der Waals surface area contributed by atoms with Gasteiger partial charge in [0.1, 0.15) is 0 Å². The quantitative estimate of drug-likeness (QED) is 0.437. The molecule has 0 saturated heterocycles. The van der Waals surface area contributed by atoms with Crippen LogP contribution in [0.25, 0.3) is 0 Å². The van der Waals surface area contributed by atoms with Crippen molar-refractivity contribution in [3.05, 3.63) is 35.4 Å². The monoisotopic (exact) mass is 391 g/mol. The smallest absolute Gasteiger partial charge is 0.313 e. The van der Waals surface area contributed by atoms with Crippen molar-refractivity contribution in [1.29, 1.82) is 0 Å². The van der Waals surface area contributed by atoms with E-state index in [0.29, 0.717) is 24.5 Å². The fraction of sp³-hybridized carbons (Fsp3) is 0.421. The standard InChI is InChI=1S/C19H25N3O4S/c1-5-26-18(23)17-11(2)8-13(21-22-19(20)27)10-14(17)12-6-7-15(24-3)16(9-12)25-4/h6-9,14,17H,5,10H2,1-4H3,(H3,20,22,27)/b21-13+. The van der Waals surface area contributed by atoms with Gasteiger partial charge >= 0.3 is 5.97 Å². The molecule has 0 heterocycles. The Morgan fingerprint density at radius 3 is 2.63 bits per heavy atom. The number of hydrogen-bond donors (Lipinski definition) is 2. The zero-order valence-corrected chi connectivity index (χ0v) is 16.8. The zero-order valence-electron chi connectivity index (χ0n) is 15.9. The molecule has 2 unspecified atom stereocenters. The molecule has 1 aliphatic carbocycles. The number of benzene rings is 1. The predicted octanol–water partition coefficient (Wildman–Crippen LogP) is 2.51. The van der Waals surface area contributed by atoms with E-state index in [-0.39, 0.29) is 17.0 Å². The lowest BCUT2D eigenvalue weighted by Crippen LogP contribution is -2.32. The first-order valence-corrected chi connectivity index (χ1v) is 9.00. The first-order chi connectivity index (χ1) is 12.9. The molecule has 2 rings (SSSR count). The summed E-state index contributed by atoms with van der Waals surface area (Å²) in [5.41, 5.74) is 10.6. The van der Waals surface area contributed by atoms with E-state index in [1.54, 1.807) is 21.1 Å². The number of hydrazone groups is 1. The summed E-state index contributed by atoms with van der Waals surface area (Å²) in [4.78, 5) is 12.6. The van der Waals surface area contributed by atoms with Crippen molar-refractivity contribution in [2.75, 3.05) is 20.8 Å². The van der Waals surface area contributed by atoms with Crippen LogP contribution in [0.5, 0.6) is 11.5 Å². The molecule has 7 nitrogen and oxygen atoms in total. The normalized spacial score (nSPS) is 20.6. The molecule has 8 heteroatoms. The van der Waals surface area contributed by atoms with E-state index in [1.165, 1.54) is 0 Å². The second-order valence-electron chi connectivity index (χ2n) is 6.12. The van der Waals surface area contributed by atoms with Gasteiger partial charge in [-0.15, -0.1) is 0 Å². The SMILES string of the molecule is CCOC(=O)C1C(C)=C/C(=N\NC(N)=S)CC1c1ccc(OC)c(OC)c1. The number of carbonyl (C=O) groups is 1. The van der Waals surface area contributed by atoms with E-state index in [1.807, 2.05) is 31.2 Å². The average molecular weight is 391 g/mol. The molecule has 27 heavy (non-hydrogen) atoms. The molecule has 1 aromatic carbocycles. The highest BCUT2D eigenvalue weighted by Gasteiger charge is 2.36. The number of methoxy groups -OCH3 is 2. The van der Waals surface area contributed by atoms with Crippen LogP contribution in [0.15, 0.2) is 34.9 Å². The van der Waals surface area contributed by atoms with Gasteiger partial charge in [-0.05, 0) is 56.3 Å². The van der Waals surface area contributed by atoms with Crippen LogP contribution in [0, 0.1) is 5.92 Å². The van der Waals surface area contributed by atoms with Crippen molar-refractivity contribution >= 4 is 29.0 Å². The van der Waals surface area contributed by atoms with Gasteiger partial charge in [-0.25, -0.2) is 0 Å². The number of ether oxygens (including phenoxy) is 3. The molecule has 0 radical (unpaired) electrons. The Labute approximate surface area is 164 Å². The summed E-state index contributed by atoms with van der Waals surface area (Å²) in [5, 5.41) is 4.33. The lowest BCUT2D eigenvalue weighted by molar-refractivity contribution is -0.147. The molecule has 0 bridgehead atoms. The molecular formula is C19H25N3O4S. The second kappa shape index (κ2) is 9.36. The highest BCUT2D eigenvalue weighted by Crippen LogP contribution is 2.41. The molecule has 0 saturated carbocycles. The lowest BCUT2D eigenvalue weighted by Gasteiger charge is -2.31. The van der Waals surface area contributed by atoms with Crippen molar-refractivity contribution < 1.29 is 19.0 Å². The summed E-state index contributed by atoms with van der Waals surface area (Å²) >= 11 is 4.81. The van der Waals surface area contributed by atoms with Crippen LogP contribution >= 0.6 is 12.2 Å². The van der Waals surface area contributed by atoms with E-state index in [0.717, 1.165) is 16.8 Å². The molecule has 2 atom stereocenters. The van der Waals surface area contributed by atoms with Crippen molar-refractivity contribution in [1.82, 2.24) is 5.43 Å². The maximum atomic E-state index is 12.6. The highest BCUT2D eigenvalue weighted by molar-refractivity contribution is 7.80. The van der Waals surface area contributed by atoms with Crippen molar-refractivity contribution in [3.63, 3.8) is 0 Å². The van der Waals surface area contributed by atoms with E-state index < -0.39 is 5.92 Å². The molecule has 0 aromatic heterocycles. The van der Waals surface area contributed by atoms with E-state index in [9.17, 15) is 4.79 Å². The number of rotatable bonds is 6. The Morgan fingerprint density at radius 2 is 2.04 bits per heavy atom. The van der Waals surface area contributed by atoms with Gasteiger partial charge in [-0.2, -0.15) is 5.10 Å². The summed E-state index contributed by atoms with van der Waals surface area (Å²) in [6.07, 6.45) is 2.38. The minimum atomic E-state index is -0.410. The number of allylic oxidation sites excluding steroid dienone is 1. The van der Waals surface area contributed by atoms with Gasteiger partial charge in [-0.1, -0.05) is 11.6 Å². The third kappa shape index (κ3) is 4.97. The second-order valence-corrected chi connectivity index (χ2v) is 6.56. The molecule has 146 valence electrons. The summed E-state index contributed by atoms with van der Waals surface area (Å²) in [6, 6.07) is 5.64. The Kier molecular flexibility index (Phi) is 7.18. The Hall–Kier alpha value is -2.61. The fourth-order valence-corrected chi connectivity index (χ4v) is 3.30. The minimum absolute atomic E-state index is 0.0868. The fourth-order valence-electron chi connectivity index (χ4n) is 3.25. The summed E-state index contributed by atoms with van der Waals surface area (Å²) in [5.74, 6) is 0.394. The summed E-state index contributed by atoms with van der Waals surface area (Å²) in [7, 11) is 3.16. The molecule has 0 amide bonds. The summed E-state index contributed by atoms with van der Waals surface area (Å²) < 4.78 is 16.0. The number of esters is 1. The lowest BCUT2D eigenvalue weighted by atomic mass is 9.74. The number of nitrogens with one attached hydrogen (secondary N) is 1. The Balaban J connectivity index is 2.47. The number of carbonyl (C=O) groups excluding carboxylic acids is 1. The van der Waals surface area contributed by atoms with Gasteiger partial charge in [0, 0.05) is 5.92 Å². The Bertz CT molecular complexity index is 776. The number of nitrogens with zero attached hydrogens (tertiary/aromatic N) is 1. The third-order valence-electron chi connectivity index (χ3n) is 4.40. The van der Waals surface area contributed by atoms with E-state index in [2.05, 4.69) is 10.5 Å². The van der Waals surface area contributed by atoms with Crippen LogP contribution < -0.4 is 20.6 Å². The van der Waals surface area contributed by atoms with Gasteiger partial charge in [0.25, 0.3) is 0 Å². The van der Waals surface area contributed by atoms with Crippen LogP contribution in [0.1, 0.15) is 31.7 Å². The van der Waals surface area contributed by atoms with E-state index in [4.69, 9.17) is 32.2 Å². The van der Waals surface area contributed by atoms with Gasteiger partial charge in [0.05, 0.1) is 32.5 Å². The van der Waals surface area contributed by atoms with Crippen LogP contribution in [0.2, 0.25) is 0 Å². The van der Waals surface area contributed by atoms with Crippen molar-refractivity contribution in [3.8, 4) is 11.5 Å². The number of thiocarbonyl (C=S) groups is 1. The third-order valence-corrected chi connectivity index (χ3v) is 4.49. The Morgan fingerprint density at radius 1 is 1.33 bits per heavy atom. The first kappa shape index (κ1) is 20.7. The van der Waals surface area contributed by atoms with Crippen molar-refractivity contribution in [2.24, 2.45) is 16.8 Å². The predicted molar refractivity (Wildman–Crippen MR) is 108 cm³/mol. The van der Waals surface area contributed by atoms with Gasteiger partial charge < -0.3 is 19.9 Å². The summed E-state index contributed by atoms with van der Waals surface area (Å²) in [6.45, 7) is 4.01. The van der Waals surface area contributed by atoms with Crippen LogP contribution in [0.4, 0.5) is 0 Å². The first-order valence-electron chi connectivity index (χ1n) is 8.60. The van der Waals surface area contributed by atoms with Crippen LogP contribution in [-0.2, 0) is 9.53 Å². The maximum Gasteiger partial charge on any atom is 0.313 e. The highest BCUT2D eigenvalue weighted by atomic mass is 32.1. The topological polar surface area (TPSA) is 95.2 Å². The van der Waals surface area contributed by atoms with Crippen LogP contribution in [-0.4, -0.2) is 37.6 Å². The van der Waals surface area contributed by atoms with Gasteiger partial charge in [0.15, 0.2) is 16.6 Å². The minimum Gasteiger partial charge on any atom is -0.493 e. The van der Waals surface area contributed by atoms with Gasteiger partial charge in [0.2, 0.25) is 0 Å². The molecule has 0 spiro atoms. The van der Waals surface area contributed by atoms with E-state index >= 15 is 0 Å². The zero-order chi connectivity index (χ0) is 20.0. The van der Waals surface area contributed by atoms with Crippen molar-refractivity contribution in [2.45, 2.75) is 26.2 Å². The van der Waals surface area contributed by atoms with Gasteiger partial charge in [-0.3, -0.25) is 10.2 Å². The number of nitrogens with two attached hydrogens (primary N) is 1. The average Bonchev–Trinajstić information content (AvgIpc) is 2.65. The molecule has 0 fully saturated rings. The maximum absolute atomic E-state index is 12.6. The molecule has 0 aliphatic heterocycles. The number of hydrogen-bond acceptors (Lipinski definition) is 6. The van der Waals surface area contributed by atoms with Crippen LogP contribution in [0.3, 0.4) is 0 Å².